The summed E-state index contributed by atoms with van der Waals surface area (Å²) in [5, 5.41) is 3.85. The first-order chi connectivity index (χ1) is 7.20. The van der Waals surface area contributed by atoms with Gasteiger partial charge < -0.3 is 10.3 Å². The SMILES string of the molecule is CCNC(=O)c1cc2cc(C)ccc2[nH]1. The highest BCUT2D eigenvalue weighted by atomic mass is 16.1. The van der Waals surface area contributed by atoms with Gasteiger partial charge in [0.1, 0.15) is 5.69 Å². The lowest BCUT2D eigenvalue weighted by atomic mass is 10.2. The number of fused-ring (bicyclic) bond motifs is 1. The van der Waals surface area contributed by atoms with Crippen LogP contribution in [0, 0.1) is 6.92 Å². The Labute approximate surface area is 88.5 Å². The fourth-order valence-electron chi connectivity index (χ4n) is 1.63. The molecule has 15 heavy (non-hydrogen) atoms. The maximum atomic E-state index is 11.6. The molecule has 0 aliphatic heterocycles. The zero-order valence-corrected chi connectivity index (χ0v) is 8.92. The maximum Gasteiger partial charge on any atom is 0.267 e. The van der Waals surface area contributed by atoms with E-state index in [1.54, 1.807) is 0 Å². The number of rotatable bonds is 2. The number of aryl methyl sites for hydroxylation is 1. The molecular formula is C12H14N2O. The van der Waals surface area contributed by atoms with Gasteiger partial charge in [-0.05, 0) is 32.0 Å². The van der Waals surface area contributed by atoms with Crippen molar-refractivity contribution in [2.24, 2.45) is 0 Å². The average Bonchev–Trinajstić information content (AvgIpc) is 2.60. The molecule has 1 aromatic heterocycles. The van der Waals surface area contributed by atoms with Gasteiger partial charge >= 0.3 is 0 Å². The molecule has 2 N–H and O–H groups in total. The summed E-state index contributed by atoms with van der Waals surface area (Å²) in [6.07, 6.45) is 0. The smallest absolute Gasteiger partial charge is 0.267 e. The van der Waals surface area contributed by atoms with Gasteiger partial charge in [-0.2, -0.15) is 0 Å². The molecule has 0 aliphatic carbocycles. The van der Waals surface area contributed by atoms with Crippen molar-refractivity contribution in [3.8, 4) is 0 Å². The van der Waals surface area contributed by atoms with Crippen molar-refractivity contribution < 1.29 is 4.79 Å². The van der Waals surface area contributed by atoms with Crippen LogP contribution in [0.4, 0.5) is 0 Å². The highest BCUT2D eigenvalue weighted by Crippen LogP contribution is 2.16. The van der Waals surface area contributed by atoms with Crippen molar-refractivity contribution in [3.05, 3.63) is 35.5 Å². The van der Waals surface area contributed by atoms with Crippen LogP contribution < -0.4 is 5.32 Å². The molecule has 0 aliphatic rings. The van der Waals surface area contributed by atoms with E-state index in [9.17, 15) is 4.79 Å². The Bertz CT molecular complexity index is 499. The zero-order valence-electron chi connectivity index (χ0n) is 8.92. The Morgan fingerprint density at radius 2 is 2.20 bits per heavy atom. The van der Waals surface area contributed by atoms with Crippen LogP contribution in [0.3, 0.4) is 0 Å². The quantitative estimate of drug-likeness (QED) is 0.770. The van der Waals surface area contributed by atoms with Crippen molar-refractivity contribution in [1.82, 2.24) is 10.3 Å². The largest absolute Gasteiger partial charge is 0.351 e. The van der Waals surface area contributed by atoms with Crippen molar-refractivity contribution >= 4 is 16.8 Å². The Kier molecular flexibility index (Phi) is 2.46. The highest BCUT2D eigenvalue weighted by molar-refractivity contribution is 5.98. The molecule has 1 amide bonds. The summed E-state index contributed by atoms with van der Waals surface area (Å²) >= 11 is 0. The van der Waals surface area contributed by atoms with Gasteiger partial charge in [-0.3, -0.25) is 4.79 Å². The van der Waals surface area contributed by atoms with Crippen LogP contribution >= 0.6 is 0 Å². The Morgan fingerprint density at radius 1 is 1.40 bits per heavy atom. The summed E-state index contributed by atoms with van der Waals surface area (Å²) in [6.45, 7) is 4.59. The van der Waals surface area contributed by atoms with Crippen LogP contribution in [0.2, 0.25) is 0 Å². The summed E-state index contributed by atoms with van der Waals surface area (Å²) < 4.78 is 0. The van der Waals surface area contributed by atoms with Crippen LogP contribution in [0.15, 0.2) is 24.3 Å². The number of benzene rings is 1. The third kappa shape index (κ3) is 1.86. The second-order valence-corrected chi connectivity index (χ2v) is 3.63. The van der Waals surface area contributed by atoms with Crippen LogP contribution in [-0.4, -0.2) is 17.4 Å². The first kappa shape index (κ1) is 9.77. The van der Waals surface area contributed by atoms with Gasteiger partial charge in [0, 0.05) is 17.4 Å². The van der Waals surface area contributed by atoms with Gasteiger partial charge in [0.05, 0.1) is 0 Å². The van der Waals surface area contributed by atoms with E-state index in [0.717, 1.165) is 10.9 Å². The second kappa shape index (κ2) is 3.77. The van der Waals surface area contributed by atoms with Gasteiger partial charge in [0.2, 0.25) is 0 Å². The monoisotopic (exact) mass is 202 g/mol. The minimum absolute atomic E-state index is 0.0497. The normalized spacial score (nSPS) is 10.5. The average molecular weight is 202 g/mol. The number of hydrogen-bond acceptors (Lipinski definition) is 1. The molecule has 2 aromatic rings. The molecule has 0 radical (unpaired) electrons. The number of aromatic amines is 1. The van der Waals surface area contributed by atoms with E-state index in [1.807, 2.05) is 32.0 Å². The third-order valence-electron chi connectivity index (χ3n) is 2.36. The number of H-pyrrole nitrogens is 1. The van der Waals surface area contributed by atoms with Gasteiger partial charge in [-0.1, -0.05) is 11.6 Å². The lowest BCUT2D eigenvalue weighted by Crippen LogP contribution is -2.22. The molecule has 3 heteroatoms. The molecule has 2 rings (SSSR count). The number of amides is 1. The third-order valence-corrected chi connectivity index (χ3v) is 2.36. The molecule has 0 bridgehead atoms. The number of nitrogens with one attached hydrogen (secondary N) is 2. The fourth-order valence-corrected chi connectivity index (χ4v) is 1.63. The Balaban J connectivity index is 2.42. The second-order valence-electron chi connectivity index (χ2n) is 3.63. The van der Waals surface area contributed by atoms with Gasteiger partial charge in [0.15, 0.2) is 0 Å². The molecule has 1 aromatic carbocycles. The van der Waals surface area contributed by atoms with E-state index in [0.29, 0.717) is 12.2 Å². The summed E-state index contributed by atoms with van der Waals surface area (Å²) in [6, 6.07) is 7.97. The minimum atomic E-state index is -0.0497. The van der Waals surface area contributed by atoms with Crippen molar-refractivity contribution in [2.45, 2.75) is 13.8 Å². The maximum absolute atomic E-state index is 11.6. The van der Waals surface area contributed by atoms with Crippen molar-refractivity contribution in [1.29, 1.82) is 0 Å². The number of carbonyl (C=O) groups excluding carboxylic acids is 1. The molecule has 0 saturated carbocycles. The van der Waals surface area contributed by atoms with E-state index in [1.165, 1.54) is 5.56 Å². The summed E-state index contributed by atoms with van der Waals surface area (Å²) in [5.74, 6) is -0.0497. The predicted molar refractivity (Wildman–Crippen MR) is 61.0 cm³/mol. The van der Waals surface area contributed by atoms with E-state index < -0.39 is 0 Å². The molecule has 78 valence electrons. The topological polar surface area (TPSA) is 44.9 Å². The van der Waals surface area contributed by atoms with Crippen LogP contribution in [0.25, 0.3) is 10.9 Å². The minimum Gasteiger partial charge on any atom is -0.351 e. The molecule has 3 nitrogen and oxygen atoms in total. The molecule has 0 atom stereocenters. The summed E-state index contributed by atoms with van der Waals surface area (Å²) in [5.41, 5.74) is 2.82. The first-order valence-electron chi connectivity index (χ1n) is 5.08. The van der Waals surface area contributed by atoms with Crippen molar-refractivity contribution in [3.63, 3.8) is 0 Å². The standard InChI is InChI=1S/C12H14N2O/c1-3-13-12(15)11-7-9-6-8(2)4-5-10(9)14-11/h4-7,14H,3H2,1-2H3,(H,13,15). The van der Waals surface area contributed by atoms with E-state index in [2.05, 4.69) is 16.4 Å². The van der Waals surface area contributed by atoms with E-state index >= 15 is 0 Å². The Hall–Kier alpha value is -1.77. The molecular weight excluding hydrogens is 188 g/mol. The number of carbonyl (C=O) groups is 1. The zero-order chi connectivity index (χ0) is 10.8. The van der Waals surface area contributed by atoms with Gasteiger partial charge in [-0.15, -0.1) is 0 Å². The van der Waals surface area contributed by atoms with E-state index in [4.69, 9.17) is 0 Å². The lowest BCUT2D eigenvalue weighted by molar-refractivity contribution is 0.0951. The van der Waals surface area contributed by atoms with Crippen LogP contribution in [0.5, 0.6) is 0 Å². The van der Waals surface area contributed by atoms with Crippen molar-refractivity contribution in [2.75, 3.05) is 6.54 Å². The number of aromatic nitrogens is 1. The highest BCUT2D eigenvalue weighted by Gasteiger charge is 2.07. The fraction of sp³-hybridized carbons (Fsp3) is 0.250. The first-order valence-corrected chi connectivity index (χ1v) is 5.08. The Morgan fingerprint density at radius 3 is 2.93 bits per heavy atom. The van der Waals surface area contributed by atoms with Crippen LogP contribution in [0.1, 0.15) is 23.0 Å². The van der Waals surface area contributed by atoms with Crippen LogP contribution in [-0.2, 0) is 0 Å². The molecule has 0 saturated heterocycles. The molecule has 0 spiro atoms. The summed E-state index contributed by atoms with van der Waals surface area (Å²) in [7, 11) is 0. The summed E-state index contributed by atoms with van der Waals surface area (Å²) in [4.78, 5) is 14.7. The molecule has 0 fully saturated rings. The number of hydrogen-bond donors (Lipinski definition) is 2. The molecule has 1 heterocycles. The van der Waals surface area contributed by atoms with Gasteiger partial charge in [0.25, 0.3) is 5.91 Å². The lowest BCUT2D eigenvalue weighted by Gasteiger charge is -1.96. The van der Waals surface area contributed by atoms with E-state index in [-0.39, 0.29) is 5.91 Å². The predicted octanol–water partition coefficient (Wildman–Crippen LogP) is 2.23. The van der Waals surface area contributed by atoms with Gasteiger partial charge in [-0.25, -0.2) is 0 Å². The molecule has 0 unspecified atom stereocenters.